The van der Waals surface area contributed by atoms with Gasteiger partial charge < -0.3 is 0 Å². The maximum Gasteiger partial charge on any atom is 0.122 e. The minimum Gasteiger partial charge on any atom is -0.207 e. The summed E-state index contributed by atoms with van der Waals surface area (Å²) in [6.07, 6.45) is 3.55. The van der Waals surface area contributed by atoms with Crippen molar-refractivity contribution in [2.75, 3.05) is 0 Å². The van der Waals surface area contributed by atoms with Crippen molar-refractivity contribution < 1.29 is 4.39 Å². The average molecular weight is 154 g/mol. The lowest BCUT2D eigenvalue weighted by Crippen LogP contribution is -1.90. The highest BCUT2D eigenvalue weighted by molar-refractivity contribution is 5.26. The Bertz CT molecular complexity index is 187. The summed E-state index contributed by atoms with van der Waals surface area (Å²) in [6, 6.07) is 0. The SMILES string of the molecule is C=C.CC1=CC(F)=C(C)CC1. The van der Waals surface area contributed by atoms with Crippen LogP contribution in [-0.2, 0) is 0 Å². The summed E-state index contributed by atoms with van der Waals surface area (Å²) >= 11 is 0. The summed E-state index contributed by atoms with van der Waals surface area (Å²) in [5, 5.41) is 0. The second kappa shape index (κ2) is 4.89. The Balaban J connectivity index is 0.000000461. The molecule has 1 heteroatoms. The van der Waals surface area contributed by atoms with Gasteiger partial charge in [0.25, 0.3) is 0 Å². The van der Waals surface area contributed by atoms with E-state index in [-0.39, 0.29) is 5.83 Å². The van der Waals surface area contributed by atoms with Gasteiger partial charge in [0.05, 0.1) is 0 Å². The molecule has 0 nitrogen and oxygen atoms in total. The molecule has 0 saturated heterocycles. The van der Waals surface area contributed by atoms with Gasteiger partial charge in [-0.05, 0) is 38.3 Å². The quantitative estimate of drug-likeness (QED) is 0.466. The van der Waals surface area contributed by atoms with Crippen LogP contribution in [-0.4, -0.2) is 0 Å². The van der Waals surface area contributed by atoms with Gasteiger partial charge in [-0.15, -0.1) is 13.2 Å². The van der Waals surface area contributed by atoms with Crippen LogP contribution in [0.3, 0.4) is 0 Å². The van der Waals surface area contributed by atoms with Crippen molar-refractivity contribution in [1.29, 1.82) is 0 Å². The van der Waals surface area contributed by atoms with Crippen molar-refractivity contribution in [3.05, 3.63) is 36.2 Å². The third-order valence-electron chi connectivity index (χ3n) is 1.68. The van der Waals surface area contributed by atoms with Crippen LogP contribution in [0.4, 0.5) is 4.39 Å². The second-order valence-electron chi connectivity index (χ2n) is 2.62. The first kappa shape index (κ1) is 10.2. The van der Waals surface area contributed by atoms with Crippen LogP contribution in [0.5, 0.6) is 0 Å². The van der Waals surface area contributed by atoms with E-state index >= 15 is 0 Å². The summed E-state index contributed by atoms with van der Waals surface area (Å²) in [5.74, 6) is -0.0289. The first-order valence-corrected chi connectivity index (χ1v) is 3.72. The summed E-state index contributed by atoms with van der Waals surface area (Å²) in [4.78, 5) is 0. The molecule has 0 radical (unpaired) electrons. The monoisotopic (exact) mass is 154 g/mol. The van der Waals surface area contributed by atoms with Crippen molar-refractivity contribution in [1.82, 2.24) is 0 Å². The average Bonchev–Trinajstić information content (AvgIpc) is 2.02. The lowest BCUT2D eigenvalue weighted by atomic mass is 10.0. The molecule has 0 atom stereocenters. The number of halogens is 1. The van der Waals surface area contributed by atoms with E-state index in [1.807, 2.05) is 13.8 Å². The molecule has 0 aromatic heterocycles. The predicted molar refractivity (Wildman–Crippen MR) is 48.1 cm³/mol. The summed E-state index contributed by atoms with van der Waals surface area (Å²) in [7, 11) is 0. The van der Waals surface area contributed by atoms with Crippen molar-refractivity contribution in [2.24, 2.45) is 0 Å². The van der Waals surface area contributed by atoms with Gasteiger partial charge in [0, 0.05) is 0 Å². The zero-order chi connectivity index (χ0) is 8.85. The summed E-state index contributed by atoms with van der Waals surface area (Å²) in [5.41, 5.74) is 2.04. The van der Waals surface area contributed by atoms with E-state index in [2.05, 4.69) is 13.2 Å². The van der Waals surface area contributed by atoms with Crippen molar-refractivity contribution in [3.63, 3.8) is 0 Å². The topological polar surface area (TPSA) is 0 Å². The maximum atomic E-state index is 12.6. The molecule has 0 bridgehead atoms. The highest BCUT2D eigenvalue weighted by Gasteiger charge is 2.05. The molecule has 0 saturated carbocycles. The minimum absolute atomic E-state index is 0.0289. The maximum absolute atomic E-state index is 12.6. The molecule has 0 fully saturated rings. The normalized spacial score (nSPS) is 16.8. The molecule has 1 aliphatic carbocycles. The van der Waals surface area contributed by atoms with Crippen LogP contribution >= 0.6 is 0 Å². The number of hydrogen-bond acceptors (Lipinski definition) is 0. The van der Waals surface area contributed by atoms with Gasteiger partial charge in [0.2, 0.25) is 0 Å². The van der Waals surface area contributed by atoms with Gasteiger partial charge in [0.1, 0.15) is 5.83 Å². The van der Waals surface area contributed by atoms with E-state index in [4.69, 9.17) is 0 Å². The van der Waals surface area contributed by atoms with E-state index in [0.29, 0.717) is 0 Å². The van der Waals surface area contributed by atoms with Crippen molar-refractivity contribution >= 4 is 0 Å². The minimum atomic E-state index is -0.0289. The van der Waals surface area contributed by atoms with Crippen LogP contribution in [0.2, 0.25) is 0 Å². The number of allylic oxidation sites excluding steroid dienone is 4. The van der Waals surface area contributed by atoms with Gasteiger partial charge in [0.15, 0.2) is 0 Å². The smallest absolute Gasteiger partial charge is 0.122 e. The van der Waals surface area contributed by atoms with Crippen LogP contribution in [0.15, 0.2) is 36.2 Å². The molecule has 0 heterocycles. The molecule has 0 unspecified atom stereocenters. The molecule has 1 rings (SSSR count). The van der Waals surface area contributed by atoms with Crippen LogP contribution in [0, 0.1) is 0 Å². The highest BCUT2D eigenvalue weighted by Crippen LogP contribution is 2.23. The molecular weight excluding hydrogens is 139 g/mol. The molecule has 0 N–H and O–H groups in total. The zero-order valence-corrected chi connectivity index (χ0v) is 7.28. The fraction of sp³-hybridized carbons (Fsp3) is 0.400. The van der Waals surface area contributed by atoms with Gasteiger partial charge in [-0.25, -0.2) is 4.39 Å². The Morgan fingerprint density at radius 3 is 2.18 bits per heavy atom. The molecule has 0 spiro atoms. The zero-order valence-electron chi connectivity index (χ0n) is 7.28. The Hall–Kier alpha value is -0.850. The van der Waals surface area contributed by atoms with Crippen LogP contribution < -0.4 is 0 Å². The van der Waals surface area contributed by atoms with E-state index in [1.165, 1.54) is 0 Å². The first-order valence-electron chi connectivity index (χ1n) is 3.72. The summed E-state index contributed by atoms with van der Waals surface area (Å²) in [6.45, 7) is 9.81. The van der Waals surface area contributed by atoms with Crippen molar-refractivity contribution in [3.8, 4) is 0 Å². The van der Waals surface area contributed by atoms with E-state index in [1.54, 1.807) is 6.08 Å². The van der Waals surface area contributed by atoms with Gasteiger partial charge in [-0.3, -0.25) is 0 Å². The molecular formula is C10H15F. The third kappa shape index (κ3) is 3.17. The lowest BCUT2D eigenvalue weighted by Gasteiger charge is -2.08. The van der Waals surface area contributed by atoms with Crippen molar-refractivity contribution in [2.45, 2.75) is 26.7 Å². The number of hydrogen-bond donors (Lipinski definition) is 0. The fourth-order valence-corrected chi connectivity index (χ4v) is 0.916. The van der Waals surface area contributed by atoms with Gasteiger partial charge in [-0.2, -0.15) is 0 Å². The molecule has 0 aromatic rings. The number of rotatable bonds is 0. The molecule has 0 aliphatic heterocycles. The Morgan fingerprint density at radius 1 is 1.27 bits per heavy atom. The lowest BCUT2D eigenvalue weighted by molar-refractivity contribution is 0.630. The van der Waals surface area contributed by atoms with Crippen LogP contribution in [0.1, 0.15) is 26.7 Å². The van der Waals surface area contributed by atoms with E-state index in [0.717, 1.165) is 24.0 Å². The highest BCUT2D eigenvalue weighted by atomic mass is 19.1. The second-order valence-corrected chi connectivity index (χ2v) is 2.62. The molecule has 11 heavy (non-hydrogen) atoms. The molecule has 1 aliphatic rings. The molecule has 0 aromatic carbocycles. The van der Waals surface area contributed by atoms with Crippen LogP contribution in [0.25, 0.3) is 0 Å². The fourth-order valence-electron chi connectivity index (χ4n) is 0.916. The van der Waals surface area contributed by atoms with E-state index in [9.17, 15) is 4.39 Å². The first-order chi connectivity index (χ1) is 5.20. The molecule has 62 valence electrons. The third-order valence-corrected chi connectivity index (χ3v) is 1.68. The van der Waals surface area contributed by atoms with Gasteiger partial charge in [-0.1, -0.05) is 5.57 Å². The largest absolute Gasteiger partial charge is 0.207 e. The predicted octanol–water partition coefficient (Wildman–Crippen LogP) is 3.77. The standard InChI is InChI=1S/C8H11F.C2H4/c1-6-3-4-7(2)8(9)5-6;1-2/h5H,3-4H2,1-2H3;1-2H2. The summed E-state index contributed by atoms with van der Waals surface area (Å²) < 4.78 is 12.6. The Morgan fingerprint density at radius 2 is 1.82 bits per heavy atom. The van der Waals surface area contributed by atoms with E-state index < -0.39 is 0 Å². The van der Waals surface area contributed by atoms with Gasteiger partial charge >= 0.3 is 0 Å². The Labute approximate surface area is 68.1 Å². The Kier molecular flexibility index (Phi) is 4.51. The molecule has 0 amide bonds.